The van der Waals surface area contributed by atoms with Gasteiger partial charge in [-0.05, 0) is 46.9 Å². The van der Waals surface area contributed by atoms with Crippen molar-refractivity contribution in [3.8, 4) is 0 Å². The monoisotopic (exact) mass is 461 g/mol. The van der Waals surface area contributed by atoms with Crippen molar-refractivity contribution in [2.45, 2.75) is 18.5 Å². The number of fused-ring (bicyclic) bond motifs is 3. The zero-order valence-corrected chi connectivity index (χ0v) is 16.2. The number of nitrogens with one attached hydrogen (secondary N) is 1. The second kappa shape index (κ2) is 6.08. The minimum Gasteiger partial charge on any atom is -0.321 e. The van der Waals surface area contributed by atoms with E-state index < -0.39 is 5.66 Å². The lowest BCUT2D eigenvalue weighted by atomic mass is 9.96. The molecule has 0 spiro atoms. The molecule has 4 rings (SSSR count). The fraction of sp³-hybridized carbons (Fsp3) is 0.211. The van der Waals surface area contributed by atoms with Crippen molar-refractivity contribution in [3.63, 3.8) is 0 Å². The number of amides is 3. The average molecular weight is 461 g/mol. The van der Waals surface area contributed by atoms with Gasteiger partial charge < -0.3 is 10.2 Å². The number of carbonyl (C=O) groups excluding carboxylic acids is 3. The van der Waals surface area contributed by atoms with E-state index in [0.717, 1.165) is 3.57 Å². The Balaban J connectivity index is 1.83. The lowest BCUT2D eigenvalue weighted by molar-refractivity contribution is -0.128. The maximum atomic E-state index is 13.3. The van der Waals surface area contributed by atoms with Crippen LogP contribution >= 0.6 is 22.6 Å². The number of anilines is 2. The molecule has 2 aliphatic rings. The predicted molar refractivity (Wildman–Crippen MR) is 106 cm³/mol. The molecule has 1 N–H and O–H groups in total. The van der Waals surface area contributed by atoms with Crippen molar-refractivity contribution in [2.75, 3.05) is 17.3 Å². The molecule has 0 aromatic heterocycles. The number of likely N-dealkylation sites (N-methyl/N-ethyl adjacent to an activating group) is 1. The summed E-state index contributed by atoms with van der Waals surface area (Å²) in [6.45, 7) is 0. The number of rotatable bonds is 2. The Morgan fingerprint density at radius 1 is 1.12 bits per heavy atom. The summed E-state index contributed by atoms with van der Waals surface area (Å²) in [5.41, 5.74) is 0.243. The number of hydrogen-bond acceptors (Lipinski definition) is 3. The molecule has 0 aliphatic carbocycles. The Bertz CT molecular complexity index is 945. The Morgan fingerprint density at radius 2 is 1.81 bits per heavy atom. The third-order valence-electron chi connectivity index (χ3n) is 5.03. The molecular weight excluding hydrogens is 445 g/mol. The van der Waals surface area contributed by atoms with Crippen LogP contribution in [0.1, 0.15) is 23.2 Å². The molecule has 26 heavy (non-hydrogen) atoms. The molecule has 132 valence electrons. The van der Waals surface area contributed by atoms with E-state index in [0.29, 0.717) is 16.9 Å². The van der Waals surface area contributed by atoms with Gasteiger partial charge in [0.05, 0.1) is 16.9 Å². The van der Waals surface area contributed by atoms with Gasteiger partial charge in [0.2, 0.25) is 11.6 Å². The SMILES string of the molecule is CN1C(=O)c2ccccc2N2C(=O)CC[C@]12C(=O)Nc1ccccc1I. The van der Waals surface area contributed by atoms with E-state index in [4.69, 9.17) is 0 Å². The largest absolute Gasteiger partial charge is 0.321 e. The molecule has 3 amide bonds. The van der Waals surface area contributed by atoms with Gasteiger partial charge in [-0.25, -0.2) is 0 Å². The van der Waals surface area contributed by atoms with E-state index in [1.54, 1.807) is 37.4 Å². The van der Waals surface area contributed by atoms with Gasteiger partial charge in [-0.3, -0.25) is 19.3 Å². The smallest absolute Gasteiger partial charge is 0.271 e. The van der Waals surface area contributed by atoms with Crippen molar-refractivity contribution in [1.29, 1.82) is 0 Å². The lowest BCUT2D eigenvalue weighted by Gasteiger charge is -2.47. The number of carbonyl (C=O) groups is 3. The normalized spacial score (nSPS) is 21.5. The van der Waals surface area contributed by atoms with Crippen LogP contribution in [0.25, 0.3) is 0 Å². The lowest BCUT2D eigenvalue weighted by Crippen LogP contribution is -2.68. The molecule has 0 saturated carbocycles. The van der Waals surface area contributed by atoms with E-state index in [2.05, 4.69) is 27.9 Å². The van der Waals surface area contributed by atoms with Crippen molar-refractivity contribution in [2.24, 2.45) is 0 Å². The fourth-order valence-electron chi connectivity index (χ4n) is 3.71. The van der Waals surface area contributed by atoms with Crippen molar-refractivity contribution in [1.82, 2.24) is 4.90 Å². The molecule has 1 fully saturated rings. The zero-order valence-electron chi connectivity index (χ0n) is 14.0. The molecule has 1 saturated heterocycles. The molecule has 2 aromatic rings. The Kier molecular flexibility index (Phi) is 3.98. The van der Waals surface area contributed by atoms with Crippen LogP contribution in [-0.2, 0) is 9.59 Å². The van der Waals surface area contributed by atoms with Gasteiger partial charge in [0, 0.05) is 23.5 Å². The van der Waals surface area contributed by atoms with Gasteiger partial charge in [-0.1, -0.05) is 24.3 Å². The van der Waals surface area contributed by atoms with E-state index >= 15 is 0 Å². The molecule has 0 radical (unpaired) electrons. The van der Waals surface area contributed by atoms with Gasteiger partial charge in [-0.15, -0.1) is 0 Å². The number of para-hydroxylation sites is 2. The summed E-state index contributed by atoms with van der Waals surface area (Å²) in [7, 11) is 1.58. The first kappa shape index (κ1) is 17.0. The maximum Gasteiger partial charge on any atom is 0.271 e. The molecule has 1 atom stereocenters. The van der Waals surface area contributed by atoms with Crippen LogP contribution in [0.4, 0.5) is 11.4 Å². The maximum absolute atomic E-state index is 13.3. The standard InChI is InChI=1S/C19H16IN3O3/c1-22-17(25)12-6-2-5-9-15(12)23-16(24)10-11-19(22,23)18(26)21-14-8-4-3-7-13(14)20/h2-9H,10-11H2,1H3,(H,21,26)/t19-/m0/s1. The van der Waals surface area contributed by atoms with Gasteiger partial charge in [0.15, 0.2) is 0 Å². The summed E-state index contributed by atoms with van der Waals surface area (Å²) < 4.78 is 0.885. The number of hydrogen-bond donors (Lipinski definition) is 1. The van der Waals surface area contributed by atoms with Crippen LogP contribution in [-0.4, -0.2) is 35.3 Å². The van der Waals surface area contributed by atoms with Crippen LogP contribution in [0.2, 0.25) is 0 Å². The first-order valence-electron chi connectivity index (χ1n) is 8.23. The molecule has 2 aliphatic heterocycles. The Labute approximate surface area is 164 Å². The highest BCUT2D eigenvalue weighted by Crippen LogP contribution is 2.44. The summed E-state index contributed by atoms with van der Waals surface area (Å²) in [4.78, 5) is 41.8. The zero-order chi connectivity index (χ0) is 18.5. The van der Waals surface area contributed by atoms with E-state index in [9.17, 15) is 14.4 Å². The fourth-order valence-corrected chi connectivity index (χ4v) is 4.24. The number of halogens is 1. The minimum atomic E-state index is -1.35. The first-order valence-corrected chi connectivity index (χ1v) is 9.31. The third kappa shape index (κ3) is 2.26. The van der Waals surface area contributed by atoms with Gasteiger partial charge in [0.25, 0.3) is 11.8 Å². The van der Waals surface area contributed by atoms with E-state index in [-0.39, 0.29) is 30.6 Å². The first-order chi connectivity index (χ1) is 12.5. The molecule has 0 unspecified atom stereocenters. The third-order valence-corrected chi connectivity index (χ3v) is 5.97. The number of benzene rings is 2. The summed E-state index contributed by atoms with van der Waals surface area (Å²) in [5.74, 6) is -0.794. The number of nitrogens with zero attached hydrogens (tertiary/aromatic N) is 2. The van der Waals surface area contributed by atoms with Crippen molar-refractivity contribution in [3.05, 3.63) is 57.7 Å². The van der Waals surface area contributed by atoms with E-state index in [1.165, 1.54) is 9.80 Å². The molecule has 2 aromatic carbocycles. The highest BCUT2D eigenvalue weighted by molar-refractivity contribution is 14.1. The topological polar surface area (TPSA) is 69.7 Å². The summed E-state index contributed by atoms with van der Waals surface area (Å²) >= 11 is 2.14. The van der Waals surface area contributed by atoms with Crippen molar-refractivity contribution >= 4 is 51.7 Å². The second-order valence-corrected chi connectivity index (χ2v) is 7.52. The summed E-state index contributed by atoms with van der Waals surface area (Å²) in [6.07, 6.45) is 0.475. The van der Waals surface area contributed by atoms with Crippen LogP contribution in [0.15, 0.2) is 48.5 Å². The van der Waals surface area contributed by atoms with Gasteiger partial charge in [-0.2, -0.15) is 0 Å². The van der Waals surface area contributed by atoms with Crippen LogP contribution in [0.5, 0.6) is 0 Å². The highest BCUT2D eigenvalue weighted by Gasteiger charge is 2.59. The van der Waals surface area contributed by atoms with E-state index in [1.807, 2.05) is 18.2 Å². The quantitative estimate of drug-likeness (QED) is 0.700. The second-order valence-electron chi connectivity index (χ2n) is 6.36. The summed E-state index contributed by atoms with van der Waals surface area (Å²) in [5, 5.41) is 2.91. The minimum absolute atomic E-state index is 0.158. The average Bonchev–Trinajstić information content (AvgIpc) is 3.00. The van der Waals surface area contributed by atoms with Crippen LogP contribution < -0.4 is 10.2 Å². The highest BCUT2D eigenvalue weighted by atomic mass is 127. The molecule has 7 heteroatoms. The molecule has 0 bridgehead atoms. The molecule has 2 heterocycles. The van der Waals surface area contributed by atoms with Gasteiger partial charge >= 0.3 is 0 Å². The Morgan fingerprint density at radius 3 is 2.58 bits per heavy atom. The van der Waals surface area contributed by atoms with Gasteiger partial charge in [0.1, 0.15) is 0 Å². The Hall–Kier alpha value is -2.42. The predicted octanol–water partition coefficient (Wildman–Crippen LogP) is 2.84. The van der Waals surface area contributed by atoms with Crippen molar-refractivity contribution < 1.29 is 14.4 Å². The van der Waals surface area contributed by atoms with Crippen LogP contribution in [0.3, 0.4) is 0 Å². The molecule has 6 nitrogen and oxygen atoms in total. The summed E-state index contributed by atoms with van der Waals surface area (Å²) in [6, 6.07) is 14.3. The van der Waals surface area contributed by atoms with Crippen LogP contribution in [0, 0.1) is 3.57 Å². The molecular formula is C19H16IN3O3.